The Morgan fingerprint density at radius 3 is 2.63 bits per heavy atom. The summed E-state index contributed by atoms with van der Waals surface area (Å²) >= 11 is 0. The zero-order valence-corrected chi connectivity index (χ0v) is 16.1. The SMILES string of the molecule is COC(=O)C1CCCN1CC(=O)N(C)Cc1ccc2cc(OC)ccc2c1. The van der Waals surface area contributed by atoms with E-state index >= 15 is 0 Å². The highest BCUT2D eigenvalue weighted by Gasteiger charge is 2.33. The Labute approximate surface area is 159 Å². The summed E-state index contributed by atoms with van der Waals surface area (Å²) in [5.41, 5.74) is 1.06. The Morgan fingerprint density at radius 1 is 1.15 bits per heavy atom. The third-order valence-electron chi connectivity index (χ3n) is 5.13. The van der Waals surface area contributed by atoms with E-state index in [1.165, 1.54) is 7.11 Å². The van der Waals surface area contributed by atoms with Crippen molar-refractivity contribution in [2.45, 2.75) is 25.4 Å². The molecule has 1 fully saturated rings. The van der Waals surface area contributed by atoms with Crippen LogP contribution in [0.5, 0.6) is 5.75 Å². The van der Waals surface area contributed by atoms with Gasteiger partial charge in [0.2, 0.25) is 5.91 Å². The topological polar surface area (TPSA) is 59.1 Å². The number of ether oxygens (including phenoxy) is 2. The molecule has 2 aromatic rings. The van der Waals surface area contributed by atoms with Crippen molar-refractivity contribution in [1.82, 2.24) is 9.80 Å². The fourth-order valence-electron chi connectivity index (χ4n) is 3.57. The molecule has 0 N–H and O–H groups in total. The second-order valence-electron chi connectivity index (χ2n) is 6.95. The average molecular weight is 370 g/mol. The summed E-state index contributed by atoms with van der Waals surface area (Å²) < 4.78 is 10.1. The van der Waals surface area contributed by atoms with Crippen molar-refractivity contribution >= 4 is 22.6 Å². The third-order valence-corrected chi connectivity index (χ3v) is 5.13. The molecule has 6 heteroatoms. The molecule has 0 saturated carbocycles. The molecule has 6 nitrogen and oxygen atoms in total. The van der Waals surface area contributed by atoms with Crippen LogP contribution in [0.25, 0.3) is 10.8 Å². The molecule has 0 spiro atoms. The van der Waals surface area contributed by atoms with Crippen LogP contribution in [-0.4, -0.2) is 62.1 Å². The number of fused-ring (bicyclic) bond motifs is 1. The zero-order valence-electron chi connectivity index (χ0n) is 16.1. The zero-order chi connectivity index (χ0) is 19.4. The average Bonchev–Trinajstić information content (AvgIpc) is 3.14. The number of esters is 1. The van der Waals surface area contributed by atoms with E-state index < -0.39 is 0 Å². The van der Waals surface area contributed by atoms with Gasteiger partial charge in [0, 0.05) is 13.6 Å². The number of nitrogens with zero attached hydrogens (tertiary/aromatic N) is 2. The molecule has 0 radical (unpaired) electrons. The van der Waals surface area contributed by atoms with Crippen LogP contribution in [0.1, 0.15) is 18.4 Å². The maximum Gasteiger partial charge on any atom is 0.323 e. The molecule has 1 atom stereocenters. The van der Waals surface area contributed by atoms with Gasteiger partial charge in [-0.3, -0.25) is 14.5 Å². The Kier molecular flexibility index (Phi) is 5.96. The highest BCUT2D eigenvalue weighted by atomic mass is 16.5. The second-order valence-corrected chi connectivity index (χ2v) is 6.95. The lowest BCUT2D eigenvalue weighted by Gasteiger charge is -2.25. The summed E-state index contributed by atoms with van der Waals surface area (Å²) in [6.45, 7) is 1.51. The highest BCUT2D eigenvalue weighted by Crippen LogP contribution is 2.23. The molecular formula is C21H26N2O4. The van der Waals surface area contributed by atoms with Crippen molar-refractivity contribution < 1.29 is 19.1 Å². The lowest BCUT2D eigenvalue weighted by molar-refractivity contribution is -0.146. The highest BCUT2D eigenvalue weighted by molar-refractivity contribution is 5.85. The molecule has 0 aliphatic carbocycles. The van der Waals surface area contributed by atoms with Gasteiger partial charge in [0.15, 0.2) is 0 Å². The molecule has 1 unspecified atom stereocenters. The van der Waals surface area contributed by atoms with Gasteiger partial charge in [-0.25, -0.2) is 0 Å². The van der Waals surface area contributed by atoms with E-state index in [1.54, 1.807) is 19.1 Å². The van der Waals surface area contributed by atoms with Crippen LogP contribution in [0.2, 0.25) is 0 Å². The van der Waals surface area contributed by atoms with Gasteiger partial charge >= 0.3 is 5.97 Å². The smallest absolute Gasteiger partial charge is 0.323 e. The minimum Gasteiger partial charge on any atom is -0.497 e. The maximum absolute atomic E-state index is 12.6. The van der Waals surface area contributed by atoms with Crippen LogP contribution < -0.4 is 4.74 Å². The lowest BCUT2D eigenvalue weighted by Crippen LogP contribution is -2.43. The summed E-state index contributed by atoms with van der Waals surface area (Å²) in [6.07, 6.45) is 1.66. The van der Waals surface area contributed by atoms with Crippen LogP contribution in [0.4, 0.5) is 0 Å². The number of methoxy groups -OCH3 is 2. The molecule has 144 valence electrons. The molecule has 1 aliphatic heterocycles. The minimum atomic E-state index is -0.303. The van der Waals surface area contributed by atoms with Crippen molar-refractivity contribution in [1.29, 1.82) is 0 Å². The van der Waals surface area contributed by atoms with Crippen molar-refractivity contribution in [2.24, 2.45) is 0 Å². The maximum atomic E-state index is 12.6. The van der Waals surface area contributed by atoms with E-state index in [2.05, 4.69) is 6.07 Å². The van der Waals surface area contributed by atoms with Crippen LogP contribution in [0.3, 0.4) is 0 Å². The van der Waals surface area contributed by atoms with Crippen LogP contribution >= 0.6 is 0 Å². The van der Waals surface area contributed by atoms with E-state index in [-0.39, 0.29) is 24.5 Å². The van der Waals surface area contributed by atoms with Gasteiger partial charge in [-0.1, -0.05) is 18.2 Å². The normalized spacial score (nSPS) is 17.1. The molecule has 0 aromatic heterocycles. The number of carbonyl (C=O) groups is 2. The van der Waals surface area contributed by atoms with E-state index in [0.29, 0.717) is 6.54 Å². The first-order valence-corrected chi connectivity index (χ1v) is 9.14. The first-order chi connectivity index (χ1) is 13.0. The molecular weight excluding hydrogens is 344 g/mol. The monoisotopic (exact) mass is 370 g/mol. The number of amides is 1. The van der Waals surface area contributed by atoms with Gasteiger partial charge in [0.05, 0.1) is 20.8 Å². The molecule has 27 heavy (non-hydrogen) atoms. The number of benzene rings is 2. The number of hydrogen-bond acceptors (Lipinski definition) is 5. The Bertz CT molecular complexity index is 836. The van der Waals surface area contributed by atoms with Crippen LogP contribution in [-0.2, 0) is 20.9 Å². The fourth-order valence-corrected chi connectivity index (χ4v) is 3.57. The quantitative estimate of drug-likeness (QED) is 0.731. The number of rotatable bonds is 6. The van der Waals surface area contributed by atoms with E-state index in [9.17, 15) is 9.59 Å². The summed E-state index contributed by atoms with van der Waals surface area (Å²) in [6, 6.07) is 11.8. The number of hydrogen-bond donors (Lipinski definition) is 0. The van der Waals surface area contributed by atoms with Gasteiger partial charge in [-0.2, -0.15) is 0 Å². The molecule has 1 saturated heterocycles. The summed E-state index contributed by atoms with van der Waals surface area (Å²) in [5, 5.41) is 2.21. The second kappa shape index (κ2) is 8.39. The molecule has 3 rings (SSSR count). The molecule has 1 amide bonds. The van der Waals surface area contributed by atoms with Crippen LogP contribution in [0.15, 0.2) is 36.4 Å². The van der Waals surface area contributed by atoms with Gasteiger partial charge in [-0.15, -0.1) is 0 Å². The minimum absolute atomic E-state index is 0.000584. The number of carbonyl (C=O) groups excluding carboxylic acids is 2. The van der Waals surface area contributed by atoms with Gasteiger partial charge in [0.1, 0.15) is 11.8 Å². The Balaban J connectivity index is 1.64. The summed E-state index contributed by atoms with van der Waals surface area (Å²) in [5.74, 6) is 0.571. The molecule has 1 heterocycles. The standard InChI is InChI=1S/C21H26N2O4/c1-22(20(24)14-23-10-4-5-19(23)21(25)27-3)13-15-6-7-17-12-18(26-2)9-8-16(17)11-15/h6-9,11-12,19H,4-5,10,13-14H2,1-3H3. The van der Waals surface area contributed by atoms with E-state index in [1.807, 2.05) is 35.2 Å². The van der Waals surface area contributed by atoms with Crippen molar-refractivity contribution in [3.8, 4) is 5.75 Å². The van der Waals surface area contributed by atoms with Gasteiger partial charge in [-0.05, 0) is 53.9 Å². The third kappa shape index (κ3) is 4.39. The van der Waals surface area contributed by atoms with Crippen molar-refractivity contribution in [3.05, 3.63) is 42.0 Å². The van der Waals surface area contributed by atoms with Crippen molar-refractivity contribution in [2.75, 3.05) is 34.4 Å². The molecule has 1 aliphatic rings. The number of likely N-dealkylation sites (tertiary alicyclic amines) is 1. The van der Waals surface area contributed by atoms with E-state index in [4.69, 9.17) is 9.47 Å². The first kappa shape index (κ1) is 19.2. The largest absolute Gasteiger partial charge is 0.497 e. The first-order valence-electron chi connectivity index (χ1n) is 9.14. The molecule has 0 bridgehead atoms. The summed E-state index contributed by atoms with van der Waals surface area (Å²) in [4.78, 5) is 28.1. The Morgan fingerprint density at radius 2 is 1.89 bits per heavy atom. The van der Waals surface area contributed by atoms with E-state index in [0.717, 1.165) is 41.5 Å². The van der Waals surface area contributed by atoms with Gasteiger partial charge in [0.25, 0.3) is 0 Å². The van der Waals surface area contributed by atoms with Crippen LogP contribution in [0, 0.1) is 0 Å². The molecule has 2 aromatic carbocycles. The predicted molar refractivity (Wildman–Crippen MR) is 104 cm³/mol. The van der Waals surface area contributed by atoms with Crippen molar-refractivity contribution in [3.63, 3.8) is 0 Å². The predicted octanol–water partition coefficient (Wildman–Crippen LogP) is 2.44. The summed E-state index contributed by atoms with van der Waals surface area (Å²) in [7, 11) is 4.84. The van der Waals surface area contributed by atoms with Gasteiger partial charge < -0.3 is 14.4 Å². The Hall–Kier alpha value is -2.60. The lowest BCUT2D eigenvalue weighted by atomic mass is 10.1. The number of likely N-dealkylation sites (N-methyl/N-ethyl adjacent to an activating group) is 1. The fraction of sp³-hybridized carbons (Fsp3) is 0.429.